The maximum absolute atomic E-state index is 5.88. The zero-order valence-electron chi connectivity index (χ0n) is 10.8. The van der Waals surface area contributed by atoms with Gasteiger partial charge >= 0.3 is 0 Å². The quantitative estimate of drug-likeness (QED) is 0.784. The predicted octanol–water partition coefficient (Wildman–Crippen LogP) is 2.89. The van der Waals surface area contributed by atoms with Gasteiger partial charge in [-0.25, -0.2) is 9.97 Å². The van der Waals surface area contributed by atoms with Crippen LogP contribution in [0.5, 0.6) is 0 Å². The standard InChI is InChI=1S/C14H12BrN5/c1-20-8-10(7-17-20)12-6-13(16)19-14(18-12)9-2-4-11(15)5-3-9/h2-8H,1H3,(H2,16,18,19). The average Bonchev–Trinajstić information content (AvgIpc) is 2.85. The molecule has 0 aliphatic rings. The van der Waals surface area contributed by atoms with Crippen molar-refractivity contribution in [3.05, 3.63) is 47.2 Å². The van der Waals surface area contributed by atoms with Crippen LogP contribution in [0.2, 0.25) is 0 Å². The molecule has 0 saturated carbocycles. The third-order valence-electron chi connectivity index (χ3n) is 2.85. The first-order valence-corrected chi connectivity index (χ1v) is 6.80. The van der Waals surface area contributed by atoms with Crippen LogP contribution in [0.25, 0.3) is 22.6 Å². The fraction of sp³-hybridized carbons (Fsp3) is 0.0714. The molecule has 6 heteroatoms. The summed E-state index contributed by atoms with van der Waals surface area (Å²) in [5, 5.41) is 4.15. The van der Waals surface area contributed by atoms with Gasteiger partial charge in [0.1, 0.15) is 5.82 Å². The SMILES string of the molecule is Cn1cc(-c2cc(N)nc(-c3ccc(Br)cc3)n2)cn1. The summed E-state index contributed by atoms with van der Waals surface area (Å²) >= 11 is 3.41. The van der Waals surface area contributed by atoms with Crippen LogP contribution in [-0.4, -0.2) is 19.7 Å². The van der Waals surface area contributed by atoms with Gasteiger partial charge in [0.05, 0.1) is 11.9 Å². The van der Waals surface area contributed by atoms with Crippen LogP contribution < -0.4 is 5.73 Å². The summed E-state index contributed by atoms with van der Waals surface area (Å²) in [6, 6.07) is 9.55. The first-order valence-electron chi connectivity index (χ1n) is 6.01. The number of halogens is 1. The molecule has 0 spiro atoms. The minimum atomic E-state index is 0.441. The topological polar surface area (TPSA) is 69.6 Å². The van der Waals surface area contributed by atoms with Gasteiger partial charge in [-0.15, -0.1) is 0 Å². The Morgan fingerprint density at radius 1 is 1.10 bits per heavy atom. The summed E-state index contributed by atoms with van der Waals surface area (Å²) in [4.78, 5) is 8.85. The van der Waals surface area contributed by atoms with Crippen molar-refractivity contribution < 1.29 is 0 Å². The third-order valence-corrected chi connectivity index (χ3v) is 3.38. The molecule has 100 valence electrons. The number of hydrogen-bond donors (Lipinski definition) is 1. The van der Waals surface area contributed by atoms with Crippen molar-refractivity contribution in [3.8, 4) is 22.6 Å². The molecule has 3 rings (SSSR count). The molecular formula is C14H12BrN5. The Morgan fingerprint density at radius 3 is 2.50 bits per heavy atom. The number of nitrogen functional groups attached to an aromatic ring is 1. The highest BCUT2D eigenvalue weighted by Crippen LogP contribution is 2.24. The Kier molecular flexibility index (Phi) is 3.23. The molecule has 2 aromatic heterocycles. The van der Waals surface area contributed by atoms with Gasteiger partial charge in [-0.3, -0.25) is 4.68 Å². The van der Waals surface area contributed by atoms with Crippen molar-refractivity contribution in [1.29, 1.82) is 0 Å². The number of rotatable bonds is 2. The van der Waals surface area contributed by atoms with Gasteiger partial charge in [0, 0.05) is 34.9 Å². The van der Waals surface area contributed by atoms with Crippen LogP contribution >= 0.6 is 15.9 Å². The molecule has 3 aromatic rings. The number of anilines is 1. The molecule has 5 nitrogen and oxygen atoms in total. The molecule has 0 saturated heterocycles. The molecule has 0 amide bonds. The second-order valence-electron chi connectivity index (χ2n) is 4.41. The van der Waals surface area contributed by atoms with Crippen molar-refractivity contribution in [2.24, 2.45) is 7.05 Å². The smallest absolute Gasteiger partial charge is 0.162 e. The van der Waals surface area contributed by atoms with Gasteiger partial charge in [-0.05, 0) is 12.1 Å². The lowest BCUT2D eigenvalue weighted by Gasteiger charge is -2.05. The van der Waals surface area contributed by atoms with E-state index in [1.54, 1.807) is 16.9 Å². The van der Waals surface area contributed by atoms with E-state index < -0.39 is 0 Å². The van der Waals surface area contributed by atoms with E-state index in [1.807, 2.05) is 37.5 Å². The summed E-state index contributed by atoms with van der Waals surface area (Å²) in [7, 11) is 1.86. The lowest BCUT2D eigenvalue weighted by atomic mass is 10.2. The van der Waals surface area contributed by atoms with Crippen molar-refractivity contribution >= 4 is 21.7 Å². The third kappa shape index (κ3) is 2.55. The number of aryl methyl sites for hydroxylation is 1. The molecule has 0 fully saturated rings. The largest absolute Gasteiger partial charge is 0.384 e. The molecule has 0 aliphatic carbocycles. The molecule has 2 N–H and O–H groups in total. The Morgan fingerprint density at radius 2 is 1.85 bits per heavy atom. The first kappa shape index (κ1) is 12.8. The number of aromatic nitrogens is 4. The van der Waals surface area contributed by atoms with Crippen LogP contribution in [0, 0.1) is 0 Å². The number of nitrogens with zero attached hydrogens (tertiary/aromatic N) is 4. The molecule has 2 heterocycles. The van der Waals surface area contributed by atoms with Crippen molar-refractivity contribution in [2.75, 3.05) is 5.73 Å². The minimum Gasteiger partial charge on any atom is -0.384 e. The Bertz CT molecular complexity index is 749. The summed E-state index contributed by atoms with van der Waals surface area (Å²) in [6.07, 6.45) is 3.65. The van der Waals surface area contributed by atoms with Crippen molar-refractivity contribution in [2.45, 2.75) is 0 Å². The zero-order chi connectivity index (χ0) is 14.1. The number of benzene rings is 1. The minimum absolute atomic E-state index is 0.441. The van der Waals surface area contributed by atoms with Crippen LogP contribution in [0.15, 0.2) is 47.2 Å². The van der Waals surface area contributed by atoms with Crippen molar-refractivity contribution in [1.82, 2.24) is 19.7 Å². The van der Waals surface area contributed by atoms with Gasteiger partial charge in [0.2, 0.25) is 0 Å². The van der Waals surface area contributed by atoms with E-state index in [1.165, 1.54) is 0 Å². The summed E-state index contributed by atoms with van der Waals surface area (Å²) in [6.45, 7) is 0. The van der Waals surface area contributed by atoms with Gasteiger partial charge < -0.3 is 5.73 Å². The van der Waals surface area contributed by atoms with E-state index in [-0.39, 0.29) is 0 Å². The highest BCUT2D eigenvalue weighted by molar-refractivity contribution is 9.10. The van der Waals surface area contributed by atoms with Crippen LogP contribution in [0.4, 0.5) is 5.82 Å². The zero-order valence-corrected chi connectivity index (χ0v) is 12.4. The molecule has 20 heavy (non-hydrogen) atoms. The Balaban J connectivity index is 2.09. The van der Waals surface area contributed by atoms with E-state index in [4.69, 9.17) is 5.73 Å². The lowest BCUT2D eigenvalue weighted by Crippen LogP contribution is -1.97. The normalized spacial score (nSPS) is 10.7. The predicted molar refractivity (Wildman–Crippen MR) is 81.8 cm³/mol. The summed E-state index contributed by atoms with van der Waals surface area (Å²) in [5.41, 5.74) is 8.49. The number of hydrogen-bond acceptors (Lipinski definition) is 4. The van der Waals surface area contributed by atoms with Gasteiger partial charge in [-0.1, -0.05) is 28.1 Å². The van der Waals surface area contributed by atoms with E-state index in [0.29, 0.717) is 11.6 Å². The second kappa shape index (κ2) is 5.05. The summed E-state index contributed by atoms with van der Waals surface area (Å²) in [5.74, 6) is 1.05. The molecule has 0 aliphatic heterocycles. The van der Waals surface area contributed by atoms with E-state index in [2.05, 4.69) is 31.0 Å². The molecular weight excluding hydrogens is 318 g/mol. The van der Waals surface area contributed by atoms with Gasteiger partial charge in [0.15, 0.2) is 5.82 Å². The van der Waals surface area contributed by atoms with E-state index in [9.17, 15) is 0 Å². The van der Waals surface area contributed by atoms with Gasteiger partial charge in [-0.2, -0.15) is 5.10 Å². The molecule has 0 unspecified atom stereocenters. The number of nitrogens with two attached hydrogens (primary N) is 1. The fourth-order valence-corrected chi connectivity index (χ4v) is 2.16. The maximum atomic E-state index is 5.88. The molecule has 0 bridgehead atoms. The van der Waals surface area contributed by atoms with Crippen LogP contribution in [0.3, 0.4) is 0 Å². The highest BCUT2D eigenvalue weighted by atomic mass is 79.9. The van der Waals surface area contributed by atoms with Gasteiger partial charge in [0.25, 0.3) is 0 Å². The Hall–Kier alpha value is -2.21. The van der Waals surface area contributed by atoms with Crippen molar-refractivity contribution in [3.63, 3.8) is 0 Å². The van der Waals surface area contributed by atoms with E-state index >= 15 is 0 Å². The average molecular weight is 330 g/mol. The molecule has 1 aromatic carbocycles. The summed E-state index contributed by atoms with van der Waals surface area (Å²) < 4.78 is 2.74. The second-order valence-corrected chi connectivity index (χ2v) is 5.33. The monoisotopic (exact) mass is 329 g/mol. The Labute approximate surface area is 124 Å². The molecule has 0 radical (unpaired) electrons. The van der Waals surface area contributed by atoms with Crippen LogP contribution in [-0.2, 0) is 7.05 Å². The van der Waals surface area contributed by atoms with E-state index in [0.717, 1.165) is 21.3 Å². The van der Waals surface area contributed by atoms with Crippen LogP contribution in [0.1, 0.15) is 0 Å². The highest BCUT2D eigenvalue weighted by Gasteiger charge is 2.08. The lowest BCUT2D eigenvalue weighted by molar-refractivity contribution is 0.768. The maximum Gasteiger partial charge on any atom is 0.162 e. The fourth-order valence-electron chi connectivity index (χ4n) is 1.90. The first-order chi connectivity index (χ1) is 9.61. The molecule has 0 atom stereocenters.